The number of carbonyl (C=O) groups is 2. The molecule has 6 nitrogen and oxygen atoms in total. The van der Waals surface area contributed by atoms with E-state index in [0.717, 1.165) is 36.0 Å². The zero-order chi connectivity index (χ0) is 24.5. The lowest BCUT2D eigenvalue weighted by atomic mass is 9.76. The summed E-state index contributed by atoms with van der Waals surface area (Å²) in [5.41, 5.74) is 3.88. The van der Waals surface area contributed by atoms with Gasteiger partial charge in [0.2, 0.25) is 0 Å². The molecular formula is C28H36N2O4. The fourth-order valence-electron chi connectivity index (χ4n) is 5.54. The van der Waals surface area contributed by atoms with Crippen molar-refractivity contribution in [1.29, 1.82) is 0 Å². The van der Waals surface area contributed by atoms with Gasteiger partial charge in [-0.05, 0) is 75.4 Å². The van der Waals surface area contributed by atoms with Crippen LogP contribution in [0.25, 0.3) is 11.1 Å². The van der Waals surface area contributed by atoms with Gasteiger partial charge in [0, 0.05) is 24.5 Å². The van der Waals surface area contributed by atoms with E-state index in [1.165, 1.54) is 12.7 Å². The Hall–Kier alpha value is -2.86. The van der Waals surface area contributed by atoms with E-state index in [1.54, 1.807) is 0 Å². The number of esters is 1. The molecule has 182 valence electrons. The molecule has 2 saturated heterocycles. The van der Waals surface area contributed by atoms with Crippen molar-refractivity contribution >= 4 is 12.1 Å². The fraction of sp³-hybridized carbons (Fsp3) is 0.500. The van der Waals surface area contributed by atoms with Crippen LogP contribution in [0, 0.1) is 5.92 Å². The molecule has 34 heavy (non-hydrogen) atoms. The first kappa shape index (κ1) is 24.3. The summed E-state index contributed by atoms with van der Waals surface area (Å²) in [6.45, 7) is 5.95. The molecule has 4 atom stereocenters. The van der Waals surface area contributed by atoms with Gasteiger partial charge in [-0.15, -0.1) is 0 Å². The van der Waals surface area contributed by atoms with E-state index in [-0.39, 0.29) is 23.8 Å². The number of benzene rings is 2. The molecule has 2 bridgehead atoms. The fourth-order valence-corrected chi connectivity index (χ4v) is 5.54. The maximum atomic E-state index is 12.7. The first-order valence-electron chi connectivity index (χ1n) is 12.1. The Kier molecular flexibility index (Phi) is 6.99. The molecule has 0 aliphatic carbocycles. The number of carbonyl (C=O) groups excluding carboxylic acids is 2. The predicted molar refractivity (Wildman–Crippen MR) is 132 cm³/mol. The Morgan fingerprint density at radius 2 is 1.79 bits per heavy atom. The molecule has 0 spiro atoms. The molecule has 1 amide bonds. The first-order chi connectivity index (χ1) is 16.2. The topological polar surface area (TPSA) is 67.9 Å². The van der Waals surface area contributed by atoms with Crippen molar-refractivity contribution in [2.45, 2.75) is 70.2 Å². The van der Waals surface area contributed by atoms with Crippen LogP contribution in [-0.2, 0) is 20.8 Å². The molecule has 2 fully saturated rings. The third-order valence-electron chi connectivity index (χ3n) is 7.18. The number of hydrogen-bond donors (Lipinski definition) is 1. The molecule has 2 aromatic carbocycles. The maximum Gasteiger partial charge on any atom is 0.407 e. The van der Waals surface area contributed by atoms with E-state index in [1.807, 2.05) is 32.9 Å². The van der Waals surface area contributed by atoms with E-state index in [9.17, 15) is 9.59 Å². The number of ether oxygens (including phenoxy) is 2. The van der Waals surface area contributed by atoms with Crippen LogP contribution in [0.15, 0.2) is 48.5 Å². The second-order valence-corrected chi connectivity index (χ2v) is 10.5. The second kappa shape index (κ2) is 9.79. The molecule has 6 heteroatoms. The summed E-state index contributed by atoms with van der Waals surface area (Å²) in [5, 5.41) is 2.82. The van der Waals surface area contributed by atoms with Gasteiger partial charge in [-0.25, -0.2) is 4.79 Å². The van der Waals surface area contributed by atoms with Crippen LogP contribution in [0.2, 0.25) is 0 Å². The molecule has 0 saturated carbocycles. The molecule has 2 aromatic rings. The van der Waals surface area contributed by atoms with E-state index in [0.29, 0.717) is 12.6 Å². The van der Waals surface area contributed by atoms with Crippen LogP contribution in [0.5, 0.6) is 0 Å². The molecule has 0 radical (unpaired) electrons. The number of piperidine rings is 1. The molecule has 1 N–H and O–H groups in total. The molecule has 2 unspecified atom stereocenters. The van der Waals surface area contributed by atoms with Crippen LogP contribution in [0.3, 0.4) is 0 Å². The van der Waals surface area contributed by atoms with Crippen molar-refractivity contribution < 1.29 is 19.1 Å². The minimum atomic E-state index is -0.520. The van der Waals surface area contributed by atoms with Crippen molar-refractivity contribution in [3.63, 3.8) is 0 Å². The number of amides is 1. The van der Waals surface area contributed by atoms with Crippen LogP contribution in [-0.4, -0.2) is 48.8 Å². The maximum absolute atomic E-state index is 12.7. The lowest BCUT2D eigenvalue weighted by molar-refractivity contribution is -0.150. The quantitative estimate of drug-likeness (QED) is 0.622. The third-order valence-corrected chi connectivity index (χ3v) is 7.18. The number of alkyl carbamates (subject to hydrolysis) is 1. The van der Waals surface area contributed by atoms with Crippen LogP contribution in [0.1, 0.15) is 57.1 Å². The Labute approximate surface area is 202 Å². The van der Waals surface area contributed by atoms with Crippen molar-refractivity contribution in [2.75, 3.05) is 14.2 Å². The second-order valence-electron chi connectivity index (χ2n) is 10.5. The summed E-state index contributed by atoms with van der Waals surface area (Å²) >= 11 is 0. The summed E-state index contributed by atoms with van der Waals surface area (Å²) < 4.78 is 10.5. The predicted octanol–water partition coefficient (Wildman–Crippen LogP) is 5.12. The van der Waals surface area contributed by atoms with Crippen LogP contribution in [0.4, 0.5) is 4.79 Å². The van der Waals surface area contributed by atoms with E-state index >= 15 is 0 Å². The summed E-state index contributed by atoms with van der Waals surface area (Å²) in [6, 6.07) is 17.5. The van der Waals surface area contributed by atoms with Crippen LogP contribution >= 0.6 is 0 Å². The van der Waals surface area contributed by atoms with Crippen molar-refractivity contribution in [2.24, 2.45) is 5.92 Å². The Morgan fingerprint density at radius 1 is 1.06 bits per heavy atom. The average molecular weight is 465 g/mol. The highest BCUT2D eigenvalue weighted by Crippen LogP contribution is 2.46. The van der Waals surface area contributed by atoms with Crippen molar-refractivity contribution in [3.05, 3.63) is 59.7 Å². The van der Waals surface area contributed by atoms with Gasteiger partial charge in [-0.1, -0.05) is 42.5 Å². The summed E-state index contributed by atoms with van der Waals surface area (Å²) in [5.74, 6) is -0.0436. The molecular weight excluding hydrogens is 428 g/mol. The number of hydrogen-bond acceptors (Lipinski definition) is 5. The minimum absolute atomic E-state index is 0.100. The Balaban J connectivity index is 1.48. The standard InChI is InChI=1S/C28H36N2O4/c1-28(2,3)34-27(32)29-17-18-7-6-8-21(15-18)19-9-11-20(12-10-19)23-16-22-13-14-24(30(22)4)25(23)26(31)33-5/h6-12,15,22-25H,13-14,16-17H2,1-5H3,(H,29,32)/t22?,23-,24?,25+/m1/s1. The highest BCUT2D eigenvalue weighted by atomic mass is 16.6. The van der Waals surface area contributed by atoms with Crippen LogP contribution < -0.4 is 5.32 Å². The SMILES string of the molecule is COC(=O)[C@@H]1C2CCC(C[C@@H]1c1ccc(-c3cccc(CNC(=O)OC(C)(C)C)c3)cc1)N2C. The van der Waals surface area contributed by atoms with E-state index in [2.05, 4.69) is 53.7 Å². The van der Waals surface area contributed by atoms with Crippen molar-refractivity contribution in [3.8, 4) is 11.1 Å². The van der Waals surface area contributed by atoms with Gasteiger partial charge in [0.25, 0.3) is 0 Å². The van der Waals surface area contributed by atoms with Gasteiger partial charge in [-0.3, -0.25) is 9.69 Å². The number of rotatable bonds is 5. The number of nitrogens with one attached hydrogen (secondary N) is 1. The first-order valence-corrected chi connectivity index (χ1v) is 12.1. The number of nitrogens with zero attached hydrogens (tertiary/aromatic N) is 1. The van der Waals surface area contributed by atoms with Gasteiger partial charge in [0.05, 0.1) is 13.0 Å². The molecule has 2 aliphatic rings. The summed E-state index contributed by atoms with van der Waals surface area (Å²) in [6.07, 6.45) is 2.76. The molecule has 0 aromatic heterocycles. The lowest BCUT2D eigenvalue weighted by Gasteiger charge is -2.41. The van der Waals surface area contributed by atoms with Gasteiger partial charge in [-0.2, -0.15) is 0 Å². The summed E-state index contributed by atoms with van der Waals surface area (Å²) in [7, 11) is 3.64. The highest BCUT2D eigenvalue weighted by molar-refractivity contribution is 5.75. The lowest BCUT2D eigenvalue weighted by Crippen LogP contribution is -2.49. The Morgan fingerprint density at radius 3 is 2.47 bits per heavy atom. The molecule has 4 rings (SSSR count). The molecule has 2 aliphatic heterocycles. The average Bonchev–Trinajstić information content (AvgIpc) is 3.03. The summed E-state index contributed by atoms with van der Waals surface area (Å²) in [4.78, 5) is 27.1. The molecule has 2 heterocycles. The van der Waals surface area contributed by atoms with E-state index < -0.39 is 11.7 Å². The zero-order valence-electron chi connectivity index (χ0n) is 20.8. The zero-order valence-corrected chi connectivity index (χ0v) is 20.8. The Bertz CT molecular complexity index is 1030. The number of methoxy groups -OCH3 is 1. The monoisotopic (exact) mass is 464 g/mol. The van der Waals surface area contributed by atoms with Gasteiger partial charge in [0.15, 0.2) is 0 Å². The third kappa shape index (κ3) is 5.27. The smallest absolute Gasteiger partial charge is 0.407 e. The van der Waals surface area contributed by atoms with Gasteiger partial charge >= 0.3 is 12.1 Å². The minimum Gasteiger partial charge on any atom is -0.469 e. The van der Waals surface area contributed by atoms with Crippen molar-refractivity contribution in [1.82, 2.24) is 10.2 Å². The largest absolute Gasteiger partial charge is 0.469 e. The normalized spacial score (nSPS) is 24.5. The number of fused-ring (bicyclic) bond motifs is 2. The van der Waals surface area contributed by atoms with Gasteiger partial charge < -0.3 is 14.8 Å². The van der Waals surface area contributed by atoms with Gasteiger partial charge in [0.1, 0.15) is 5.60 Å². The van der Waals surface area contributed by atoms with E-state index in [4.69, 9.17) is 9.47 Å². The highest BCUT2D eigenvalue weighted by Gasteiger charge is 2.49.